The second kappa shape index (κ2) is 7.19. The molecule has 7 nitrogen and oxygen atoms in total. The zero-order valence-electron chi connectivity index (χ0n) is 13.6. The lowest BCUT2D eigenvalue weighted by atomic mass is 10.2. The molecule has 0 bridgehead atoms. The SMILES string of the molecule is CCCc1nn(C)c(NCCNC(=O)OC(C)(C)C)c1N. The highest BCUT2D eigenvalue weighted by Crippen LogP contribution is 2.22. The van der Waals surface area contributed by atoms with E-state index in [1.54, 1.807) is 4.68 Å². The fourth-order valence-electron chi connectivity index (χ4n) is 1.89. The minimum Gasteiger partial charge on any atom is -0.444 e. The van der Waals surface area contributed by atoms with E-state index in [4.69, 9.17) is 10.5 Å². The number of hydrogen-bond donors (Lipinski definition) is 3. The predicted octanol–water partition coefficient (Wildman–Crippen LogP) is 1.89. The number of aromatic nitrogens is 2. The first-order valence-corrected chi connectivity index (χ1v) is 7.26. The number of alkyl carbamates (subject to hydrolysis) is 1. The number of carbonyl (C=O) groups excluding carboxylic acids is 1. The molecule has 120 valence electrons. The third-order valence-electron chi connectivity index (χ3n) is 2.73. The molecule has 1 aromatic heterocycles. The van der Waals surface area contributed by atoms with E-state index in [-0.39, 0.29) is 0 Å². The average molecular weight is 297 g/mol. The van der Waals surface area contributed by atoms with Gasteiger partial charge in [-0.25, -0.2) is 4.79 Å². The maximum absolute atomic E-state index is 11.5. The lowest BCUT2D eigenvalue weighted by molar-refractivity contribution is 0.0530. The molecular formula is C14H27N5O2. The molecule has 4 N–H and O–H groups in total. The second-order valence-electron chi connectivity index (χ2n) is 5.94. The summed E-state index contributed by atoms with van der Waals surface area (Å²) in [6.45, 7) is 8.58. The van der Waals surface area contributed by atoms with E-state index in [0.29, 0.717) is 18.8 Å². The summed E-state index contributed by atoms with van der Waals surface area (Å²) in [5.41, 5.74) is 7.15. The summed E-state index contributed by atoms with van der Waals surface area (Å²) in [4.78, 5) is 11.5. The summed E-state index contributed by atoms with van der Waals surface area (Å²) in [5, 5.41) is 10.2. The molecular weight excluding hydrogens is 270 g/mol. The van der Waals surface area contributed by atoms with Crippen molar-refractivity contribution < 1.29 is 9.53 Å². The van der Waals surface area contributed by atoms with Gasteiger partial charge < -0.3 is 21.1 Å². The number of nitrogens with one attached hydrogen (secondary N) is 2. The van der Waals surface area contributed by atoms with E-state index < -0.39 is 11.7 Å². The van der Waals surface area contributed by atoms with Gasteiger partial charge in [-0.3, -0.25) is 4.68 Å². The molecule has 0 saturated heterocycles. The molecule has 1 heterocycles. The highest BCUT2D eigenvalue weighted by Gasteiger charge is 2.16. The summed E-state index contributed by atoms with van der Waals surface area (Å²) in [6, 6.07) is 0. The second-order valence-corrected chi connectivity index (χ2v) is 5.94. The Balaban J connectivity index is 2.41. The lowest BCUT2D eigenvalue weighted by Crippen LogP contribution is -2.35. The molecule has 0 spiro atoms. The molecule has 0 saturated carbocycles. The third-order valence-corrected chi connectivity index (χ3v) is 2.73. The van der Waals surface area contributed by atoms with Crippen LogP contribution in [0.15, 0.2) is 0 Å². The van der Waals surface area contributed by atoms with Gasteiger partial charge in [-0.05, 0) is 27.2 Å². The zero-order valence-corrected chi connectivity index (χ0v) is 13.6. The molecule has 0 aliphatic rings. The van der Waals surface area contributed by atoms with E-state index in [1.165, 1.54) is 0 Å². The van der Waals surface area contributed by atoms with Gasteiger partial charge >= 0.3 is 6.09 Å². The number of ether oxygens (including phenoxy) is 1. The number of nitrogen functional groups attached to an aromatic ring is 1. The number of amides is 1. The number of nitrogens with two attached hydrogens (primary N) is 1. The van der Waals surface area contributed by atoms with Crippen molar-refractivity contribution in [3.63, 3.8) is 0 Å². The average Bonchev–Trinajstić information content (AvgIpc) is 2.60. The third kappa shape index (κ3) is 5.53. The molecule has 0 unspecified atom stereocenters. The first kappa shape index (κ1) is 17.1. The number of carbonyl (C=O) groups is 1. The molecule has 0 aliphatic heterocycles. The van der Waals surface area contributed by atoms with Gasteiger partial charge in [-0.1, -0.05) is 13.3 Å². The molecule has 1 amide bonds. The maximum atomic E-state index is 11.5. The molecule has 1 aromatic rings. The van der Waals surface area contributed by atoms with Crippen LogP contribution in [0.2, 0.25) is 0 Å². The Hall–Kier alpha value is -1.92. The van der Waals surface area contributed by atoms with Crippen LogP contribution in [0.3, 0.4) is 0 Å². The van der Waals surface area contributed by atoms with Gasteiger partial charge in [0.25, 0.3) is 0 Å². The largest absolute Gasteiger partial charge is 0.444 e. The van der Waals surface area contributed by atoms with Gasteiger partial charge in [0.15, 0.2) is 0 Å². The fourth-order valence-corrected chi connectivity index (χ4v) is 1.89. The Morgan fingerprint density at radius 1 is 1.38 bits per heavy atom. The van der Waals surface area contributed by atoms with Crippen molar-refractivity contribution in [2.24, 2.45) is 7.05 Å². The summed E-state index contributed by atoms with van der Waals surface area (Å²) in [5.74, 6) is 0.782. The van der Waals surface area contributed by atoms with Crippen LogP contribution >= 0.6 is 0 Å². The molecule has 21 heavy (non-hydrogen) atoms. The minimum atomic E-state index is -0.487. The summed E-state index contributed by atoms with van der Waals surface area (Å²) >= 11 is 0. The van der Waals surface area contributed by atoms with E-state index in [1.807, 2.05) is 27.8 Å². The molecule has 0 aromatic carbocycles. The van der Waals surface area contributed by atoms with Crippen LogP contribution in [0.5, 0.6) is 0 Å². The van der Waals surface area contributed by atoms with Gasteiger partial charge in [0.05, 0.1) is 11.4 Å². The summed E-state index contributed by atoms with van der Waals surface area (Å²) < 4.78 is 6.88. The highest BCUT2D eigenvalue weighted by molar-refractivity contribution is 5.68. The summed E-state index contributed by atoms with van der Waals surface area (Å²) in [7, 11) is 1.85. The van der Waals surface area contributed by atoms with Gasteiger partial charge in [0.2, 0.25) is 0 Å². The normalized spacial score (nSPS) is 11.3. The summed E-state index contributed by atoms with van der Waals surface area (Å²) in [6.07, 6.45) is 1.44. The van der Waals surface area contributed by atoms with Crippen LogP contribution in [0.1, 0.15) is 39.8 Å². The zero-order chi connectivity index (χ0) is 16.0. The maximum Gasteiger partial charge on any atom is 0.407 e. The van der Waals surface area contributed by atoms with Crippen LogP contribution in [-0.2, 0) is 18.2 Å². The molecule has 0 fully saturated rings. The van der Waals surface area contributed by atoms with Crippen molar-refractivity contribution in [3.05, 3.63) is 5.69 Å². The van der Waals surface area contributed by atoms with Gasteiger partial charge in [-0.2, -0.15) is 5.10 Å². The number of hydrogen-bond acceptors (Lipinski definition) is 5. The minimum absolute atomic E-state index is 0.422. The smallest absolute Gasteiger partial charge is 0.407 e. The number of aryl methyl sites for hydroxylation is 2. The van der Waals surface area contributed by atoms with Gasteiger partial charge in [0, 0.05) is 20.1 Å². The van der Waals surface area contributed by atoms with Crippen LogP contribution in [0.4, 0.5) is 16.3 Å². The standard InChI is InChI=1S/C14H27N5O2/c1-6-7-10-11(15)12(19(5)18-10)16-8-9-17-13(20)21-14(2,3)4/h16H,6-9,15H2,1-5H3,(H,17,20). The van der Waals surface area contributed by atoms with Crippen molar-refractivity contribution in [1.29, 1.82) is 0 Å². The highest BCUT2D eigenvalue weighted by atomic mass is 16.6. The number of rotatable bonds is 6. The topological polar surface area (TPSA) is 94.2 Å². The van der Waals surface area contributed by atoms with Crippen molar-refractivity contribution in [3.8, 4) is 0 Å². The van der Waals surface area contributed by atoms with Crippen molar-refractivity contribution >= 4 is 17.6 Å². The Bertz CT molecular complexity index is 476. The van der Waals surface area contributed by atoms with Crippen molar-refractivity contribution in [2.75, 3.05) is 24.1 Å². The predicted molar refractivity (Wildman–Crippen MR) is 84.3 cm³/mol. The molecule has 0 radical (unpaired) electrons. The molecule has 7 heteroatoms. The van der Waals surface area contributed by atoms with Gasteiger partial charge in [0.1, 0.15) is 11.4 Å². The van der Waals surface area contributed by atoms with Crippen LogP contribution in [0.25, 0.3) is 0 Å². The first-order valence-electron chi connectivity index (χ1n) is 7.26. The van der Waals surface area contributed by atoms with Crippen molar-refractivity contribution in [2.45, 2.75) is 46.1 Å². The first-order chi connectivity index (χ1) is 9.74. The number of anilines is 2. The Labute approximate surface area is 126 Å². The van der Waals surface area contributed by atoms with E-state index in [2.05, 4.69) is 22.7 Å². The van der Waals surface area contributed by atoms with Crippen LogP contribution < -0.4 is 16.4 Å². The molecule has 0 atom stereocenters. The lowest BCUT2D eigenvalue weighted by Gasteiger charge is -2.19. The Morgan fingerprint density at radius 3 is 2.62 bits per heavy atom. The molecule has 0 aliphatic carbocycles. The van der Waals surface area contributed by atoms with Crippen LogP contribution in [0, 0.1) is 0 Å². The van der Waals surface area contributed by atoms with Crippen molar-refractivity contribution in [1.82, 2.24) is 15.1 Å². The molecule has 1 rings (SSSR count). The van der Waals surface area contributed by atoms with E-state index >= 15 is 0 Å². The Kier molecular flexibility index (Phi) is 5.87. The van der Waals surface area contributed by atoms with E-state index in [0.717, 1.165) is 24.4 Å². The Morgan fingerprint density at radius 2 is 2.05 bits per heavy atom. The fraction of sp³-hybridized carbons (Fsp3) is 0.714. The monoisotopic (exact) mass is 297 g/mol. The van der Waals surface area contributed by atoms with Crippen LogP contribution in [-0.4, -0.2) is 34.6 Å². The number of nitrogens with zero attached hydrogens (tertiary/aromatic N) is 2. The van der Waals surface area contributed by atoms with Gasteiger partial charge in [-0.15, -0.1) is 0 Å². The quantitative estimate of drug-likeness (QED) is 0.697. The van der Waals surface area contributed by atoms with E-state index in [9.17, 15) is 4.79 Å².